The van der Waals surface area contributed by atoms with Crippen molar-refractivity contribution in [2.45, 2.75) is 0 Å². The van der Waals surface area contributed by atoms with Crippen LogP contribution in [-0.2, 0) is 0 Å². The number of hydrogen-bond acceptors (Lipinski definition) is 3. The minimum Gasteiger partial charge on any atom is -0.412 e. The summed E-state index contributed by atoms with van der Waals surface area (Å²) in [4.78, 5) is 3.86. The molecule has 2 aromatic rings. The van der Waals surface area contributed by atoms with Crippen molar-refractivity contribution < 1.29 is 5.48 Å². The molecular formula is C5H7ClN4O. The predicted octanol–water partition coefficient (Wildman–Crippen LogP) is -0.279. The van der Waals surface area contributed by atoms with Crippen LogP contribution in [0.3, 0.4) is 0 Å². The second kappa shape index (κ2) is 3.85. The Kier molecular flexibility index (Phi) is 3.43. The molecule has 2 heterocycles. The highest BCUT2D eigenvalue weighted by atomic mass is 35.5. The molecule has 0 aliphatic carbocycles. The Morgan fingerprint density at radius 2 is 2.18 bits per heavy atom. The Bertz CT molecular complexity index is 292. The third-order valence-corrected chi connectivity index (χ3v) is 1.10. The lowest BCUT2D eigenvalue weighted by atomic mass is 10.7. The molecule has 0 aliphatic heterocycles. The van der Waals surface area contributed by atoms with Gasteiger partial charge in [0.15, 0.2) is 5.65 Å². The van der Waals surface area contributed by atoms with Gasteiger partial charge in [-0.25, -0.2) is 0 Å². The first-order valence-corrected chi connectivity index (χ1v) is 2.56. The van der Waals surface area contributed by atoms with Crippen molar-refractivity contribution in [1.82, 2.24) is 19.6 Å². The van der Waals surface area contributed by atoms with Gasteiger partial charge in [0.25, 0.3) is 0 Å². The first-order valence-electron chi connectivity index (χ1n) is 2.56. The fraction of sp³-hybridized carbons (Fsp3) is 0. The zero-order valence-corrected chi connectivity index (χ0v) is 6.32. The highest BCUT2D eigenvalue weighted by Crippen LogP contribution is 1.90. The lowest BCUT2D eigenvalue weighted by molar-refractivity contribution is 0.824. The van der Waals surface area contributed by atoms with Crippen molar-refractivity contribution in [3.63, 3.8) is 0 Å². The van der Waals surface area contributed by atoms with Crippen LogP contribution in [0.25, 0.3) is 5.65 Å². The molecule has 0 amide bonds. The van der Waals surface area contributed by atoms with E-state index in [9.17, 15) is 0 Å². The van der Waals surface area contributed by atoms with Gasteiger partial charge in [0, 0.05) is 12.4 Å². The van der Waals surface area contributed by atoms with Crippen LogP contribution >= 0.6 is 12.4 Å². The summed E-state index contributed by atoms with van der Waals surface area (Å²) in [6, 6.07) is 0. The molecule has 6 heteroatoms. The average Bonchev–Trinajstić information content (AvgIpc) is 2.33. The highest BCUT2D eigenvalue weighted by molar-refractivity contribution is 5.85. The highest BCUT2D eigenvalue weighted by Gasteiger charge is 1.88. The van der Waals surface area contributed by atoms with Crippen molar-refractivity contribution in [2.24, 2.45) is 0 Å². The monoisotopic (exact) mass is 174 g/mol. The summed E-state index contributed by atoms with van der Waals surface area (Å²) in [5, 5.41) is 7.44. The fourth-order valence-electron chi connectivity index (χ4n) is 0.679. The third-order valence-electron chi connectivity index (χ3n) is 1.10. The first-order chi connectivity index (χ1) is 4.47. The van der Waals surface area contributed by atoms with Gasteiger partial charge in [0.05, 0.1) is 6.20 Å². The third kappa shape index (κ3) is 1.63. The Labute approximate surface area is 68.8 Å². The van der Waals surface area contributed by atoms with Crippen LogP contribution in [0.5, 0.6) is 0 Å². The second-order valence-electron chi connectivity index (χ2n) is 1.67. The van der Waals surface area contributed by atoms with Crippen molar-refractivity contribution in [2.75, 3.05) is 0 Å². The molecule has 5 nitrogen and oxygen atoms in total. The predicted molar refractivity (Wildman–Crippen MR) is 41.6 cm³/mol. The van der Waals surface area contributed by atoms with Gasteiger partial charge in [-0.2, -0.15) is 0 Å². The van der Waals surface area contributed by atoms with Gasteiger partial charge in [-0.1, -0.05) is 0 Å². The summed E-state index contributed by atoms with van der Waals surface area (Å²) in [6.07, 6.45) is 6.79. The SMILES string of the molecule is Cl.O.c1cn2cnnc2cn1. The van der Waals surface area contributed by atoms with Crippen LogP contribution in [0.4, 0.5) is 0 Å². The number of nitrogens with zero attached hydrogens (tertiary/aromatic N) is 4. The summed E-state index contributed by atoms with van der Waals surface area (Å²) in [5.41, 5.74) is 0.775. The number of fused-ring (bicyclic) bond motifs is 1. The number of rotatable bonds is 0. The van der Waals surface area contributed by atoms with Crippen LogP contribution in [0.15, 0.2) is 24.9 Å². The van der Waals surface area contributed by atoms with Gasteiger partial charge in [-0.15, -0.1) is 22.6 Å². The van der Waals surface area contributed by atoms with Crippen LogP contribution in [0.1, 0.15) is 0 Å². The second-order valence-corrected chi connectivity index (χ2v) is 1.67. The van der Waals surface area contributed by atoms with Gasteiger partial charge in [0.1, 0.15) is 6.33 Å². The average molecular weight is 175 g/mol. The van der Waals surface area contributed by atoms with Crippen molar-refractivity contribution >= 4 is 18.1 Å². The van der Waals surface area contributed by atoms with E-state index in [1.807, 2.05) is 0 Å². The van der Waals surface area contributed by atoms with E-state index in [0.29, 0.717) is 0 Å². The Balaban J connectivity index is 0.000000500. The quantitative estimate of drug-likeness (QED) is 0.552. The Morgan fingerprint density at radius 3 is 2.91 bits per heavy atom. The Hall–Kier alpha value is -1.20. The van der Waals surface area contributed by atoms with E-state index in [0.717, 1.165) is 5.65 Å². The van der Waals surface area contributed by atoms with Crippen LogP contribution in [0.2, 0.25) is 0 Å². The lowest BCUT2D eigenvalue weighted by Gasteiger charge is -1.84. The molecule has 0 atom stereocenters. The molecule has 0 radical (unpaired) electrons. The molecule has 0 unspecified atom stereocenters. The topological polar surface area (TPSA) is 74.6 Å². The van der Waals surface area contributed by atoms with E-state index in [2.05, 4.69) is 15.2 Å². The maximum Gasteiger partial charge on any atom is 0.179 e. The minimum absolute atomic E-state index is 0. The van der Waals surface area contributed by atoms with Gasteiger partial charge in [-0.3, -0.25) is 9.38 Å². The Morgan fingerprint density at radius 1 is 1.36 bits per heavy atom. The zero-order chi connectivity index (χ0) is 6.10. The summed E-state index contributed by atoms with van der Waals surface area (Å²) in [7, 11) is 0. The summed E-state index contributed by atoms with van der Waals surface area (Å²) in [5.74, 6) is 0. The van der Waals surface area contributed by atoms with Crippen LogP contribution in [-0.4, -0.2) is 25.1 Å². The van der Waals surface area contributed by atoms with E-state index in [-0.39, 0.29) is 17.9 Å². The number of halogens is 1. The van der Waals surface area contributed by atoms with Gasteiger partial charge in [0.2, 0.25) is 0 Å². The van der Waals surface area contributed by atoms with E-state index >= 15 is 0 Å². The molecule has 0 saturated heterocycles. The van der Waals surface area contributed by atoms with Crippen LogP contribution < -0.4 is 0 Å². The molecule has 2 rings (SSSR count). The number of aromatic nitrogens is 4. The lowest BCUT2D eigenvalue weighted by Crippen LogP contribution is -1.81. The molecule has 2 N–H and O–H groups in total. The molecule has 0 aliphatic rings. The summed E-state index contributed by atoms with van der Waals surface area (Å²) in [6.45, 7) is 0. The zero-order valence-electron chi connectivity index (χ0n) is 5.51. The molecule has 2 aromatic heterocycles. The summed E-state index contributed by atoms with van der Waals surface area (Å²) >= 11 is 0. The first kappa shape index (κ1) is 9.80. The van der Waals surface area contributed by atoms with E-state index in [1.165, 1.54) is 0 Å². The van der Waals surface area contributed by atoms with Crippen molar-refractivity contribution in [1.29, 1.82) is 0 Å². The molecule has 0 spiro atoms. The standard InChI is InChI=1S/C5H4N4.ClH.H2O/c1-2-9-4-7-8-5(9)3-6-1;;/h1-4H;1H;1H2. The molecule has 0 saturated carbocycles. The van der Waals surface area contributed by atoms with Gasteiger partial charge >= 0.3 is 0 Å². The largest absolute Gasteiger partial charge is 0.412 e. The van der Waals surface area contributed by atoms with E-state index in [1.54, 1.807) is 29.3 Å². The molecule has 11 heavy (non-hydrogen) atoms. The fourth-order valence-corrected chi connectivity index (χ4v) is 0.679. The smallest absolute Gasteiger partial charge is 0.179 e. The van der Waals surface area contributed by atoms with Crippen molar-refractivity contribution in [3.05, 3.63) is 24.9 Å². The molecule has 0 fully saturated rings. The maximum absolute atomic E-state index is 3.86. The van der Waals surface area contributed by atoms with Crippen molar-refractivity contribution in [3.8, 4) is 0 Å². The maximum atomic E-state index is 3.86. The molecule has 0 aromatic carbocycles. The van der Waals surface area contributed by atoms with Gasteiger partial charge in [-0.05, 0) is 0 Å². The van der Waals surface area contributed by atoms with Gasteiger partial charge < -0.3 is 5.48 Å². The molecular weight excluding hydrogens is 168 g/mol. The summed E-state index contributed by atoms with van der Waals surface area (Å²) < 4.78 is 1.80. The van der Waals surface area contributed by atoms with E-state index in [4.69, 9.17) is 0 Å². The normalized spacial score (nSPS) is 8.36. The number of hydrogen-bond donors (Lipinski definition) is 0. The van der Waals surface area contributed by atoms with Crippen LogP contribution in [0, 0.1) is 0 Å². The minimum atomic E-state index is 0. The molecule has 60 valence electrons. The van der Waals surface area contributed by atoms with E-state index < -0.39 is 0 Å². The molecule has 0 bridgehead atoms.